The van der Waals surface area contributed by atoms with Crippen LogP contribution in [0.5, 0.6) is 0 Å². The van der Waals surface area contributed by atoms with Crippen molar-refractivity contribution in [1.82, 2.24) is 10.2 Å². The van der Waals surface area contributed by atoms with Crippen LogP contribution in [0.15, 0.2) is 0 Å². The van der Waals surface area contributed by atoms with E-state index in [0.29, 0.717) is 0 Å². The normalized spacial score (nSPS) is 34.7. The van der Waals surface area contributed by atoms with Crippen LogP contribution in [-0.2, 0) is 0 Å². The third-order valence-electron chi connectivity index (χ3n) is 5.28. The number of nitrogens with one attached hydrogen (secondary N) is 1. The number of hydrogen-bond donors (Lipinski definition) is 1. The van der Waals surface area contributed by atoms with E-state index in [9.17, 15) is 0 Å². The molecule has 3 heteroatoms. The highest BCUT2D eigenvalue weighted by Crippen LogP contribution is 2.29. The van der Waals surface area contributed by atoms with Gasteiger partial charge in [0.1, 0.15) is 0 Å². The Balaban J connectivity index is 0.00000120. The fourth-order valence-electron chi connectivity index (χ4n) is 4.19. The minimum absolute atomic E-state index is 0. The van der Waals surface area contributed by atoms with E-state index in [1.807, 2.05) is 0 Å². The molecule has 18 heavy (non-hydrogen) atoms. The standard InChI is InChI=1S/C15H28N2.ClH/c1-2-4-6-13(5-3-1)11-17-8-7-14-9-16-10-15(14)12-17;/h13-16H,1-12H2;1H. The molecule has 2 aliphatic heterocycles. The lowest BCUT2D eigenvalue weighted by molar-refractivity contribution is 0.125. The Hall–Kier alpha value is 0.210. The topological polar surface area (TPSA) is 15.3 Å². The maximum absolute atomic E-state index is 3.57. The first-order valence-corrected chi connectivity index (χ1v) is 7.85. The summed E-state index contributed by atoms with van der Waals surface area (Å²) in [5, 5.41) is 3.57. The van der Waals surface area contributed by atoms with Crippen molar-refractivity contribution >= 4 is 12.4 Å². The van der Waals surface area contributed by atoms with Crippen LogP contribution in [0, 0.1) is 17.8 Å². The molecule has 1 aliphatic carbocycles. The lowest BCUT2D eigenvalue weighted by Crippen LogP contribution is -2.42. The Morgan fingerprint density at radius 2 is 1.61 bits per heavy atom. The highest BCUT2D eigenvalue weighted by Gasteiger charge is 2.33. The maximum Gasteiger partial charge on any atom is 0.00251 e. The summed E-state index contributed by atoms with van der Waals surface area (Å²) in [7, 11) is 0. The molecule has 3 rings (SSSR count). The molecule has 0 aromatic heterocycles. The predicted molar refractivity (Wildman–Crippen MR) is 79.3 cm³/mol. The summed E-state index contributed by atoms with van der Waals surface area (Å²) in [6.07, 6.45) is 10.4. The van der Waals surface area contributed by atoms with E-state index >= 15 is 0 Å². The first kappa shape index (κ1) is 14.6. The molecular formula is C15H29ClN2. The molecule has 2 heterocycles. The van der Waals surface area contributed by atoms with Crippen LogP contribution in [0.25, 0.3) is 0 Å². The van der Waals surface area contributed by atoms with Gasteiger partial charge in [-0.1, -0.05) is 25.7 Å². The SMILES string of the molecule is C1CCCC(CN2CCC3CNCC3C2)CC1.Cl. The zero-order chi connectivity index (χ0) is 11.5. The molecule has 2 atom stereocenters. The van der Waals surface area contributed by atoms with Gasteiger partial charge in [0.15, 0.2) is 0 Å². The van der Waals surface area contributed by atoms with E-state index in [1.165, 1.54) is 77.7 Å². The second kappa shape index (κ2) is 7.12. The quantitative estimate of drug-likeness (QED) is 0.778. The monoisotopic (exact) mass is 272 g/mol. The molecule has 0 spiro atoms. The Morgan fingerprint density at radius 3 is 2.39 bits per heavy atom. The summed E-state index contributed by atoms with van der Waals surface area (Å²) < 4.78 is 0. The second-order valence-corrected chi connectivity index (χ2v) is 6.58. The van der Waals surface area contributed by atoms with E-state index in [4.69, 9.17) is 0 Å². The zero-order valence-corrected chi connectivity index (χ0v) is 12.4. The smallest absolute Gasteiger partial charge is 0.00251 e. The van der Waals surface area contributed by atoms with E-state index < -0.39 is 0 Å². The van der Waals surface area contributed by atoms with Crippen LogP contribution in [0.1, 0.15) is 44.9 Å². The lowest BCUT2D eigenvalue weighted by Gasteiger charge is -2.36. The third kappa shape index (κ3) is 3.61. The van der Waals surface area contributed by atoms with Gasteiger partial charge in [0.2, 0.25) is 0 Å². The predicted octanol–water partition coefficient (Wildman–Crippen LogP) is 2.92. The van der Waals surface area contributed by atoms with Gasteiger partial charge in [-0.25, -0.2) is 0 Å². The third-order valence-corrected chi connectivity index (χ3v) is 5.28. The van der Waals surface area contributed by atoms with Crippen molar-refractivity contribution in [2.24, 2.45) is 17.8 Å². The van der Waals surface area contributed by atoms with E-state index in [-0.39, 0.29) is 12.4 Å². The molecule has 0 aromatic rings. The average Bonchev–Trinajstić information content (AvgIpc) is 2.65. The minimum atomic E-state index is 0. The van der Waals surface area contributed by atoms with Crippen LogP contribution < -0.4 is 5.32 Å². The summed E-state index contributed by atoms with van der Waals surface area (Å²) in [4.78, 5) is 2.78. The summed E-state index contributed by atoms with van der Waals surface area (Å²) in [6, 6.07) is 0. The lowest BCUT2D eigenvalue weighted by atomic mass is 9.87. The van der Waals surface area contributed by atoms with Gasteiger partial charge in [-0.3, -0.25) is 0 Å². The van der Waals surface area contributed by atoms with E-state index in [1.54, 1.807) is 0 Å². The minimum Gasteiger partial charge on any atom is -0.316 e. The van der Waals surface area contributed by atoms with Crippen LogP contribution in [0.4, 0.5) is 0 Å². The van der Waals surface area contributed by atoms with Gasteiger partial charge in [0.25, 0.3) is 0 Å². The fraction of sp³-hybridized carbons (Fsp3) is 1.00. The van der Waals surface area contributed by atoms with Gasteiger partial charge >= 0.3 is 0 Å². The number of hydrogen-bond acceptors (Lipinski definition) is 2. The number of likely N-dealkylation sites (tertiary alicyclic amines) is 1. The van der Waals surface area contributed by atoms with Crippen molar-refractivity contribution in [2.75, 3.05) is 32.7 Å². The number of halogens is 1. The summed E-state index contributed by atoms with van der Waals surface area (Å²) >= 11 is 0. The summed E-state index contributed by atoms with van der Waals surface area (Å²) in [5.41, 5.74) is 0. The Bertz CT molecular complexity index is 239. The molecule has 106 valence electrons. The Kier molecular flexibility index (Phi) is 5.78. The van der Waals surface area contributed by atoms with Crippen molar-refractivity contribution < 1.29 is 0 Å². The molecule has 2 unspecified atom stereocenters. The van der Waals surface area contributed by atoms with Gasteiger partial charge < -0.3 is 10.2 Å². The number of piperidine rings is 1. The molecule has 0 amide bonds. The molecule has 0 radical (unpaired) electrons. The molecule has 2 saturated heterocycles. The van der Waals surface area contributed by atoms with Gasteiger partial charge in [-0.15, -0.1) is 12.4 Å². The van der Waals surface area contributed by atoms with Crippen molar-refractivity contribution in [3.63, 3.8) is 0 Å². The first-order valence-electron chi connectivity index (χ1n) is 7.85. The van der Waals surface area contributed by atoms with E-state index in [0.717, 1.165) is 17.8 Å². The Labute approximate surface area is 118 Å². The fourth-order valence-corrected chi connectivity index (χ4v) is 4.19. The molecule has 2 nitrogen and oxygen atoms in total. The van der Waals surface area contributed by atoms with Crippen molar-refractivity contribution in [3.05, 3.63) is 0 Å². The number of fused-ring (bicyclic) bond motifs is 1. The van der Waals surface area contributed by atoms with Crippen LogP contribution in [-0.4, -0.2) is 37.6 Å². The molecule has 1 N–H and O–H groups in total. The van der Waals surface area contributed by atoms with Crippen molar-refractivity contribution in [3.8, 4) is 0 Å². The summed E-state index contributed by atoms with van der Waals surface area (Å²) in [6.45, 7) is 6.74. The highest BCUT2D eigenvalue weighted by molar-refractivity contribution is 5.85. The Morgan fingerprint density at radius 1 is 0.889 bits per heavy atom. The van der Waals surface area contributed by atoms with Gasteiger partial charge in [0.05, 0.1) is 0 Å². The van der Waals surface area contributed by atoms with Crippen LogP contribution >= 0.6 is 12.4 Å². The van der Waals surface area contributed by atoms with Crippen LogP contribution in [0.2, 0.25) is 0 Å². The van der Waals surface area contributed by atoms with E-state index in [2.05, 4.69) is 10.2 Å². The number of nitrogens with zero attached hydrogens (tertiary/aromatic N) is 1. The van der Waals surface area contributed by atoms with Crippen LogP contribution in [0.3, 0.4) is 0 Å². The molecule has 1 saturated carbocycles. The molecule has 0 bridgehead atoms. The second-order valence-electron chi connectivity index (χ2n) is 6.58. The van der Waals surface area contributed by atoms with Crippen molar-refractivity contribution in [2.45, 2.75) is 44.9 Å². The molecule has 3 fully saturated rings. The van der Waals surface area contributed by atoms with Gasteiger partial charge in [-0.05, 0) is 56.7 Å². The summed E-state index contributed by atoms with van der Waals surface area (Å²) in [5.74, 6) is 2.98. The van der Waals surface area contributed by atoms with Gasteiger partial charge in [-0.2, -0.15) is 0 Å². The molecule has 3 aliphatic rings. The number of rotatable bonds is 2. The zero-order valence-electron chi connectivity index (χ0n) is 11.6. The highest BCUT2D eigenvalue weighted by atomic mass is 35.5. The largest absolute Gasteiger partial charge is 0.316 e. The van der Waals surface area contributed by atoms with Crippen molar-refractivity contribution in [1.29, 1.82) is 0 Å². The average molecular weight is 273 g/mol. The first-order chi connectivity index (χ1) is 8.42. The maximum atomic E-state index is 3.57. The molecule has 0 aromatic carbocycles. The molecular weight excluding hydrogens is 244 g/mol. The van der Waals surface area contributed by atoms with Gasteiger partial charge in [0, 0.05) is 13.1 Å².